The summed E-state index contributed by atoms with van der Waals surface area (Å²) in [4.78, 5) is 41.1. The summed E-state index contributed by atoms with van der Waals surface area (Å²) in [5, 5.41) is 10.1. The highest BCUT2D eigenvalue weighted by Gasteiger charge is 2.33. The number of alkyl halides is 3. The van der Waals surface area contributed by atoms with Gasteiger partial charge in [0.2, 0.25) is 0 Å². The third kappa shape index (κ3) is 7.52. The van der Waals surface area contributed by atoms with Gasteiger partial charge < -0.3 is 15.3 Å². The zero-order valence-corrected chi connectivity index (χ0v) is 19.5. The molecule has 0 aliphatic heterocycles. The normalized spacial score (nSPS) is 12.4. The summed E-state index contributed by atoms with van der Waals surface area (Å²) in [5.74, 6) is 8.48. The quantitative estimate of drug-likeness (QED) is 0.0949. The lowest BCUT2D eigenvalue weighted by atomic mass is 9.93. The number of aliphatic carboxylic acids is 1. The first-order valence-corrected chi connectivity index (χ1v) is 10.6. The van der Waals surface area contributed by atoms with E-state index in [1.165, 1.54) is 24.3 Å². The summed E-state index contributed by atoms with van der Waals surface area (Å²) in [5.41, 5.74) is 0.502. The molecule has 0 spiro atoms. The number of carboxylic acids is 1. The molecular weight excluding hydrogens is 483 g/mol. The predicted octanol–water partition coefficient (Wildman–Crippen LogP) is 3.02. The summed E-state index contributed by atoms with van der Waals surface area (Å²) in [6.45, 7) is 3.57. The van der Waals surface area contributed by atoms with Crippen molar-refractivity contribution in [1.29, 1.82) is 0 Å². The van der Waals surface area contributed by atoms with Crippen molar-refractivity contribution in [2.24, 2.45) is 22.6 Å². The van der Waals surface area contributed by atoms with Gasteiger partial charge in [-0.15, -0.1) is 0 Å². The van der Waals surface area contributed by atoms with Gasteiger partial charge in [-0.05, 0) is 29.7 Å². The number of rotatable bonds is 10. The Morgan fingerprint density at radius 1 is 1.19 bits per heavy atom. The van der Waals surface area contributed by atoms with Crippen molar-refractivity contribution in [3.05, 3.63) is 64.7 Å². The molecule has 2 rings (SSSR count). The van der Waals surface area contributed by atoms with E-state index >= 15 is 0 Å². The van der Waals surface area contributed by atoms with Crippen molar-refractivity contribution in [3.8, 4) is 0 Å². The van der Waals surface area contributed by atoms with E-state index in [9.17, 15) is 32.7 Å². The number of carbonyl (C=O) groups is 3. The Bertz CT molecular complexity index is 1140. The fraction of sp³-hybridized carbons (Fsp3) is 0.304. The van der Waals surface area contributed by atoms with Gasteiger partial charge in [-0.1, -0.05) is 38.1 Å². The second kappa shape index (κ2) is 12.1. The molecular formula is C23H26F3N5O5. The number of benzene rings is 2. The number of ketones is 1. The highest BCUT2D eigenvalue weighted by molar-refractivity contribution is 6.10. The van der Waals surface area contributed by atoms with Crippen LogP contribution in [0.25, 0.3) is 0 Å². The van der Waals surface area contributed by atoms with E-state index in [0.29, 0.717) is 11.1 Å². The van der Waals surface area contributed by atoms with Gasteiger partial charge in [-0.3, -0.25) is 4.79 Å². The molecule has 1 unspecified atom stereocenters. The van der Waals surface area contributed by atoms with Gasteiger partial charge in [0.25, 0.3) is 0 Å². The Morgan fingerprint density at radius 3 is 2.44 bits per heavy atom. The second-order valence-corrected chi connectivity index (χ2v) is 8.11. The smallest absolute Gasteiger partial charge is 0.424 e. The van der Waals surface area contributed by atoms with Gasteiger partial charge >= 0.3 is 18.2 Å². The second-order valence-electron chi connectivity index (χ2n) is 8.11. The van der Waals surface area contributed by atoms with Crippen molar-refractivity contribution in [3.63, 3.8) is 0 Å². The average Bonchev–Trinajstić information content (AvgIpc) is 2.82. The molecule has 6 N–H and O–H groups in total. The number of carbonyl (C=O) groups excluding carboxylic acids is 2. The number of aliphatic imine (C=N–C) groups is 1. The Balaban J connectivity index is 2.45. The number of hydrogen-bond acceptors (Lipinski definition) is 7. The van der Waals surface area contributed by atoms with Crippen LogP contribution in [0.1, 0.15) is 40.9 Å². The number of nitrogens with two attached hydrogens (primary N) is 2. The highest BCUT2D eigenvalue weighted by atomic mass is 19.4. The van der Waals surface area contributed by atoms with Crippen LogP contribution < -0.4 is 17.1 Å². The minimum atomic E-state index is -4.76. The molecule has 0 bridgehead atoms. The molecule has 0 heterocycles. The van der Waals surface area contributed by atoms with E-state index in [0.717, 1.165) is 18.5 Å². The SMILES string of the molecule is CC(C)COC(=O)N(N)C(Cc1ccccc1C(=O)c1cc(N=CNN)cc(C(F)(F)F)c1)C(=O)O. The molecule has 1 atom stereocenters. The molecule has 0 saturated heterocycles. The summed E-state index contributed by atoms with van der Waals surface area (Å²) in [6, 6.07) is 6.66. The number of ether oxygens (including phenoxy) is 1. The maximum atomic E-state index is 13.4. The average molecular weight is 509 g/mol. The van der Waals surface area contributed by atoms with Gasteiger partial charge in [0.1, 0.15) is 6.34 Å². The van der Waals surface area contributed by atoms with Crippen LogP contribution in [0.5, 0.6) is 0 Å². The standard InChI is InChI=1S/C23H26F3N5O5/c1-13(2)11-36-22(35)31(28)19(21(33)34)9-14-5-3-4-6-18(14)20(32)15-7-16(23(24,25)26)10-17(8-15)29-12-30-27/h3-8,10,12-13,19H,9,11,27-28H2,1-2H3,(H,29,30)(H,33,34). The molecule has 194 valence electrons. The molecule has 0 aromatic heterocycles. The highest BCUT2D eigenvalue weighted by Crippen LogP contribution is 2.33. The van der Waals surface area contributed by atoms with E-state index in [1.54, 1.807) is 13.8 Å². The lowest BCUT2D eigenvalue weighted by molar-refractivity contribution is -0.143. The third-order valence-corrected chi connectivity index (χ3v) is 4.84. The van der Waals surface area contributed by atoms with Crippen LogP contribution in [0.15, 0.2) is 47.5 Å². The zero-order valence-electron chi connectivity index (χ0n) is 19.5. The molecule has 2 aromatic carbocycles. The van der Waals surface area contributed by atoms with Gasteiger partial charge in [0.05, 0.1) is 17.9 Å². The van der Waals surface area contributed by atoms with Gasteiger partial charge in [-0.25, -0.2) is 31.3 Å². The molecule has 0 fully saturated rings. The fourth-order valence-corrected chi connectivity index (χ4v) is 3.12. The van der Waals surface area contributed by atoms with Crippen molar-refractivity contribution < 1.29 is 37.4 Å². The van der Waals surface area contributed by atoms with Crippen LogP contribution >= 0.6 is 0 Å². The number of amides is 1. The topological polar surface area (TPSA) is 160 Å². The zero-order chi connectivity index (χ0) is 27.0. The largest absolute Gasteiger partial charge is 0.480 e. The molecule has 13 heteroatoms. The van der Waals surface area contributed by atoms with E-state index in [-0.39, 0.29) is 34.9 Å². The first kappa shape index (κ1) is 28.3. The first-order chi connectivity index (χ1) is 16.8. The Labute approximate surface area is 204 Å². The van der Waals surface area contributed by atoms with E-state index in [4.69, 9.17) is 16.4 Å². The molecule has 0 aliphatic carbocycles. The Kier molecular flexibility index (Phi) is 9.53. The molecule has 10 nitrogen and oxygen atoms in total. The monoisotopic (exact) mass is 509 g/mol. The van der Waals surface area contributed by atoms with E-state index in [1.807, 2.05) is 0 Å². The van der Waals surface area contributed by atoms with Crippen LogP contribution in [0.4, 0.5) is 23.7 Å². The fourth-order valence-electron chi connectivity index (χ4n) is 3.12. The van der Waals surface area contributed by atoms with Crippen molar-refractivity contribution >= 4 is 29.9 Å². The van der Waals surface area contributed by atoms with E-state index in [2.05, 4.69) is 10.4 Å². The van der Waals surface area contributed by atoms with Crippen LogP contribution in [0, 0.1) is 5.92 Å². The minimum absolute atomic E-state index is 0.00792. The number of hydrogen-bond donors (Lipinski definition) is 4. The lowest BCUT2D eigenvalue weighted by Gasteiger charge is -2.24. The number of nitrogens with zero attached hydrogens (tertiary/aromatic N) is 2. The molecule has 0 saturated carbocycles. The van der Waals surface area contributed by atoms with Gasteiger partial charge in [0.15, 0.2) is 11.8 Å². The van der Waals surface area contributed by atoms with E-state index < -0.39 is 42.0 Å². The maximum absolute atomic E-state index is 13.4. The Morgan fingerprint density at radius 2 is 1.86 bits per heavy atom. The number of carboxylic acid groups (broad SMARTS) is 1. The molecule has 2 aromatic rings. The number of halogens is 3. The number of hydrazine groups is 2. The molecule has 0 aliphatic rings. The van der Waals surface area contributed by atoms with Crippen LogP contribution in [-0.2, 0) is 22.1 Å². The summed E-state index contributed by atoms with van der Waals surface area (Å²) in [6.07, 6.45) is -5.30. The summed E-state index contributed by atoms with van der Waals surface area (Å²) < 4.78 is 45.2. The van der Waals surface area contributed by atoms with Crippen molar-refractivity contribution in [1.82, 2.24) is 10.4 Å². The summed E-state index contributed by atoms with van der Waals surface area (Å²) in [7, 11) is 0. The molecule has 36 heavy (non-hydrogen) atoms. The van der Waals surface area contributed by atoms with Gasteiger partial charge in [-0.2, -0.15) is 13.2 Å². The van der Waals surface area contributed by atoms with Crippen molar-refractivity contribution in [2.45, 2.75) is 32.5 Å². The third-order valence-electron chi connectivity index (χ3n) is 4.84. The maximum Gasteiger partial charge on any atom is 0.424 e. The number of nitrogens with one attached hydrogen (secondary N) is 1. The van der Waals surface area contributed by atoms with Crippen LogP contribution in [-0.4, -0.2) is 46.9 Å². The Hall–Kier alpha value is -3.97. The molecule has 1 amide bonds. The first-order valence-electron chi connectivity index (χ1n) is 10.6. The lowest BCUT2D eigenvalue weighted by Crippen LogP contribution is -2.51. The minimum Gasteiger partial charge on any atom is -0.480 e. The van der Waals surface area contributed by atoms with Gasteiger partial charge in [0, 0.05) is 17.5 Å². The summed E-state index contributed by atoms with van der Waals surface area (Å²) >= 11 is 0. The van der Waals surface area contributed by atoms with Crippen LogP contribution in [0.2, 0.25) is 0 Å². The van der Waals surface area contributed by atoms with Crippen molar-refractivity contribution in [2.75, 3.05) is 6.61 Å². The van der Waals surface area contributed by atoms with Crippen LogP contribution in [0.3, 0.4) is 0 Å². The predicted molar refractivity (Wildman–Crippen MR) is 124 cm³/mol. The molecule has 0 radical (unpaired) electrons.